The van der Waals surface area contributed by atoms with E-state index in [2.05, 4.69) is 27.9 Å². The van der Waals surface area contributed by atoms with E-state index >= 15 is 0 Å². The predicted octanol–water partition coefficient (Wildman–Crippen LogP) is 3.46. The summed E-state index contributed by atoms with van der Waals surface area (Å²) in [6, 6.07) is 5.61. The van der Waals surface area contributed by atoms with Crippen LogP contribution in [0.15, 0.2) is 18.2 Å². The first-order valence-electron chi connectivity index (χ1n) is 5.73. The van der Waals surface area contributed by atoms with Crippen LogP contribution in [-0.4, -0.2) is 11.6 Å². The van der Waals surface area contributed by atoms with Crippen molar-refractivity contribution in [3.05, 3.63) is 27.3 Å². The number of hydrogen-bond acceptors (Lipinski definition) is 3. The predicted molar refractivity (Wildman–Crippen MR) is 81.4 cm³/mol. The Hall–Kier alpha value is -0.980. The molecule has 0 radical (unpaired) electrons. The Balaban J connectivity index is 2.68. The molecule has 1 aromatic carbocycles. The lowest BCUT2D eigenvalue weighted by atomic mass is 10.1. The van der Waals surface area contributed by atoms with Crippen LogP contribution in [0, 0.1) is 3.57 Å². The van der Waals surface area contributed by atoms with E-state index in [0.29, 0.717) is 0 Å². The van der Waals surface area contributed by atoms with Gasteiger partial charge in [-0.25, -0.2) is 4.79 Å². The Morgan fingerprint density at radius 2 is 2.06 bits per heavy atom. The molecule has 1 rings (SSSR count). The van der Waals surface area contributed by atoms with Gasteiger partial charge >= 0.3 is 6.09 Å². The Morgan fingerprint density at radius 1 is 1.44 bits per heavy atom. The largest absolute Gasteiger partial charge is 0.442 e. The lowest BCUT2D eigenvalue weighted by molar-refractivity contribution is 0.100. The molecule has 0 bridgehead atoms. The van der Waals surface area contributed by atoms with E-state index in [0.717, 1.165) is 14.8 Å². The quantitative estimate of drug-likeness (QED) is 0.626. The van der Waals surface area contributed by atoms with Crippen molar-refractivity contribution in [2.24, 2.45) is 0 Å². The second-order valence-electron chi connectivity index (χ2n) is 5.20. The van der Waals surface area contributed by atoms with E-state index < -0.39 is 6.09 Å². The summed E-state index contributed by atoms with van der Waals surface area (Å²) >= 11 is 2.16. The number of amides is 1. The van der Waals surface area contributed by atoms with Crippen molar-refractivity contribution in [1.29, 1.82) is 0 Å². The molecule has 1 amide bonds. The van der Waals surface area contributed by atoms with Gasteiger partial charge in [-0.15, -0.1) is 0 Å². The van der Waals surface area contributed by atoms with Crippen molar-refractivity contribution in [1.82, 2.24) is 5.32 Å². The minimum absolute atomic E-state index is 0.299. The second kappa shape index (κ2) is 5.77. The number of alkyl carbamates (subject to hydrolysis) is 1. The van der Waals surface area contributed by atoms with Crippen molar-refractivity contribution in [3.63, 3.8) is 0 Å². The molecule has 100 valence electrons. The third-order valence-electron chi connectivity index (χ3n) is 2.25. The molecule has 0 spiro atoms. The highest BCUT2D eigenvalue weighted by molar-refractivity contribution is 14.1. The van der Waals surface area contributed by atoms with Gasteiger partial charge in [0.25, 0.3) is 0 Å². The lowest BCUT2D eigenvalue weighted by Gasteiger charge is -2.22. The van der Waals surface area contributed by atoms with Crippen LogP contribution in [-0.2, 0) is 4.74 Å². The molecular weight excluding hydrogens is 343 g/mol. The summed E-state index contributed by atoms with van der Waals surface area (Å²) in [5.41, 5.74) is 7.10. The van der Waals surface area contributed by atoms with Gasteiger partial charge in [-0.1, -0.05) is 6.07 Å². The van der Waals surface area contributed by atoms with E-state index in [4.69, 9.17) is 10.5 Å². The van der Waals surface area contributed by atoms with Crippen LogP contribution >= 0.6 is 22.6 Å². The monoisotopic (exact) mass is 362 g/mol. The van der Waals surface area contributed by atoms with Gasteiger partial charge in [0, 0.05) is 14.8 Å². The van der Waals surface area contributed by atoms with E-state index in [1.165, 1.54) is 0 Å². The van der Waals surface area contributed by atoms with Crippen LogP contribution in [0.3, 0.4) is 0 Å². The first kappa shape index (κ1) is 15.1. The molecular formula is C13H19IN2O2. The summed E-state index contributed by atoms with van der Waals surface area (Å²) in [5.74, 6) is 0. The van der Waals surface area contributed by atoms with Gasteiger partial charge in [0.1, 0.15) is 6.10 Å². The van der Waals surface area contributed by atoms with E-state index in [9.17, 15) is 4.79 Å². The zero-order valence-electron chi connectivity index (χ0n) is 11.1. The molecule has 0 aliphatic carbocycles. The third-order valence-corrected chi connectivity index (χ3v) is 3.19. The Labute approximate surface area is 121 Å². The molecule has 0 fully saturated rings. The number of nitrogen functional groups attached to an aromatic ring is 1. The highest BCUT2D eigenvalue weighted by atomic mass is 127. The molecule has 0 aliphatic heterocycles. The SMILES string of the molecule is CC(OC(=O)NC(C)(C)C)c1ccc(N)c(I)c1. The third kappa shape index (κ3) is 4.72. The molecule has 1 aromatic rings. The number of carbonyl (C=O) groups excluding carboxylic acids is 1. The van der Waals surface area contributed by atoms with Crippen molar-refractivity contribution in [3.8, 4) is 0 Å². The number of carbonyl (C=O) groups is 1. The maximum Gasteiger partial charge on any atom is 0.408 e. The van der Waals surface area contributed by atoms with Crippen LogP contribution in [0.2, 0.25) is 0 Å². The Morgan fingerprint density at radius 3 is 2.56 bits per heavy atom. The second-order valence-corrected chi connectivity index (χ2v) is 6.37. The van der Waals surface area contributed by atoms with Crippen LogP contribution < -0.4 is 11.1 Å². The summed E-state index contributed by atoms with van der Waals surface area (Å²) < 4.78 is 6.27. The van der Waals surface area contributed by atoms with E-state index in [1.807, 2.05) is 45.9 Å². The Kier molecular flexibility index (Phi) is 4.84. The summed E-state index contributed by atoms with van der Waals surface area (Å²) in [4.78, 5) is 11.6. The number of anilines is 1. The number of hydrogen-bond donors (Lipinski definition) is 2. The number of halogens is 1. The Bertz CT molecular complexity index is 441. The van der Waals surface area contributed by atoms with Crippen LogP contribution in [0.25, 0.3) is 0 Å². The van der Waals surface area contributed by atoms with Gasteiger partial charge in [-0.05, 0) is 68.0 Å². The zero-order valence-corrected chi connectivity index (χ0v) is 13.2. The first-order valence-corrected chi connectivity index (χ1v) is 6.80. The molecule has 0 saturated carbocycles. The number of nitrogens with one attached hydrogen (secondary N) is 1. The number of benzene rings is 1. The van der Waals surface area contributed by atoms with Crippen molar-refractivity contribution in [2.45, 2.75) is 39.3 Å². The smallest absolute Gasteiger partial charge is 0.408 e. The molecule has 0 heterocycles. The normalized spacial score (nSPS) is 12.9. The maximum absolute atomic E-state index is 11.6. The summed E-state index contributed by atoms with van der Waals surface area (Å²) in [6.45, 7) is 7.56. The minimum atomic E-state index is -0.415. The van der Waals surface area contributed by atoms with Crippen molar-refractivity contribution >= 4 is 34.4 Å². The molecule has 18 heavy (non-hydrogen) atoms. The summed E-state index contributed by atoms with van der Waals surface area (Å²) in [7, 11) is 0. The minimum Gasteiger partial charge on any atom is -0.442 e. The molecule has 3 N–H and O–H groups in total. The van der Waals surface area contributed by atoms with Gasteiger partial charge in [0.15, 0.2) is 0 Å². The number of ether oxygens (including phenoxy) is 1. The van der Waals surface area contributed by atoms with Gasteiger partial charge in [0.2, 0.25) is 0 Å². The average Bonchev–Trinajstić information content (AvgIpc) is 2.18. The molecule has 4 nitrogen and oxygen atoms in total. The molecule has 0 aliphatic rings. The highest BCUT2D eigenvalue weighted by Crippen LogP contribution is 2.23. The molecule has 5 heteroatoms. The maximum atomic E-state index is 11.6. The van der Waals surface area contributed by atoms with Gasteiger partial charge in [0.05, 0.1) is 0 Å². The fourth-order valence-electron chi connectivity index (χ4n) is 1.36. The molecule has 1 unspecified atom stereocenters. The molecule has 0 saturated heterocycles. The molecule has 1 atom stereocenters. The van der Waals surface area contributed by atoms with E-state index in [1.54, 1.807) is 0 Å². The van der Waals surface area contributed by atoms with Crippen LogP contribution in [0.1, 0.15) is 39.4 Å². The van der Waals surface area contributed by atoms with Crippen LogP contribution in [0.5, 0.6) is 0 Å². The first-order chi connectivity index (χ1) is 8.19. The van der Waals surface area contributed by atoms with Gasteiger partial charge < -0.3 is 15.8 Å². The van der Waals surface area contributed by atoms with Crippen molar-refractivity contribution < 1.29 is 9.53 Å². The topological polar surface area (TPSA) is 64.3 Å². The standard InChI is InChI=1S/C13H19IN2O2/c1-8(18-12(17)16-13(2,3)4)9-5-6-11(15)10(14)7-9/h5-8H,15H2,1-4H3,(H,16,17). The highest BCUT2D eigenvalue weighted by Gasteiger charge is 2.18. The molecule has 0 aromatic heterocycles. The van der Waals surface area contributed by atoms with Crippen LogP contribution in [0.4, 0.5) is 10.5 Å². The van der Waals surface area contributed by atoms with Crippen molar-refractivity contribution in [2.75, 3.05) is 5.73 Å². The summed E-state index contributed by atoms with van der Waals surface area (Å²) in [6.07, 6.45) is -0.719. The van der Waals surface area contributed by atoms with Gasteiger partial charge in [-0.2, -0.15) is 0 Å². The zero-order chi connectivity index (χ0) is 13.9. The average molecular weight is 362 g/mol. The van der Waals surface area contributed by atoms with Gasteiger partial charge in [-0.3, -0.25) is 0 Å². The fraction of sp³-hybridized carbons (Fsp3) is 0.462. The number of rotatable bonds is 2. The summed E-state index contributed by atoms with van der Waals surface area (Å²) in [5, 5.41) is 2.76. The lowest BCUT2D eigenvalue weighted by Crippen LogP contribution is -2.41. The fourth-order valence-corrected chi connectivity index (χ4v) is 1.90. The van der Waals surface area contributed by atoms with E-state index in [-0.39, 0.29) is 11.6 Å². The number of nitrogens with two attached hydrogens (primary N) is 1.